The van der Waals surface area contributed by atoms with Crippen LogP contribution in [0.2, 0.25) is 0 Å². The first-order valence-electron chi connectivity index (χ1n) is 14.4. The number of rotatable bonds is 11. The topological polar surface area (TPSA) is 153 Å². The number of imidazole rings is 1. The Labute approximate surface area is 259 Å². The summed E-state index contributed by atoms with van der Waals surface area (Å²) in [5, 5.41) is 15.2. The maximum atomic E-state index is 12.5. The number of nitrogens with zero attached hydrogens (tertiary/aromatic N) is 6. The lowest BCUT2D eigenvalue weighted by atomic mass is 9.99. The summed E-state index contributed by atoms with van der Waals surface area (Å²) in [7, 11) is 0. The highest BCUT2D eigenvalue weighted by Gasteiger charge is 2.19. The first-order chi connectivity index (χ1) is 21.4. The minimum Gasteiger partial charge on any atom is -0.435 e. The van der Waals surface area contributed by atoms with E-state index in [1.54, 1.807) is 25.1 Å². The van der Waals surface area contributed by atoms with Gasteiger partial charge in [-0.25, -0.2) is 4.98 Å². The smallest absolute Gasteiger partial charge is 0.387 e. The maximum Gasteiger partial charge on any atom is 0.387 e. The Morgan fingerprint density at radius 2 is 1.82 bits per heavy atom. The third kappa shape index (κ3) is 7.14. The molecule has 1 unspecified atom stereocenters. The van der Waals surface area contributed by atoms with Crippen molar-refractivity contribution in [3.63, 3.8) is 0 Å². The number of halogens is 2. The van der Waals surface area contributed by atoms with Gasteiger partial charge in [-0.2, -0.15) is 18.7 Å². The van der Waals surface area contributed by atoms with Gasteiger partial charge in [0.05, 0.1) is 34.0 Å². The summed E-state index contributed by atoms with van der Waals surface area (Å²) in [6.45, 7) is 8.62. The van der Waals surface area contributed by atoms with E-state index < -0.39 is 6.61 Å². The second-order valence-electron chi connectivity index (χ2n) is 11.0. The molecule has 1 atom stereocenters. The highest BCUT2D eigenvalue weighted by atomic mass is 19.3. The molecule has 0 saturated carbocycles. The highest BCUT2D eigenvalue weighted by Crippen LogP contribution is 2.27. The second kappa shape index (κ2) is 12.8. The van der Waals surface area contributed by atoms with Crippen molar-refractivity contribution in [3.8, 4) is 11.6 Å². The molecule has 5 rings (SSSR count). The third-order valence-corrected chi connectivity index (χ3v) is 7.22. The molecule has 13 heteroatoms. The van der Waals surface area contributed by atoms with Crippen molar-refractivity contribution in [1.82, 2.24) is 24.7 Å². The van der Waals surface area contributed by atoms with E-state index >= 15 is 0 Å². The summed E-state index contributed by atoms with van der Waals surface area (Å²) in [6.07, 6.45) is 1.10. The van der Waals surface area contributed by atoms with Gasteiger partial charge in [0, 0.05) is 23.9 Å². The summed E-state index contributed by atoms with van der Waals surface area (Å²) in [4.78, 5) is 18.8. The van der Waals surface area contributed by atoms with Gasteiger partial charge in [0.15, 0.2) is 0 Å². The van der Waals surface area contributed by atoms with E-state index in [1.807, 2.05) is 25.3 Å². The van der Waals surface area contributed by atoms with Gasteiger partial charge in [-0.05, 0) is 95.5 Å². The van der Waals surface area contributed by atoms with Crippen molar-refractivity contribution in [3.05, 3.63) is 76.4 Å². The molecule has 11 nitrogen and oxygen atoms in total. The number of aromatic nitrogens is 5. The molecule has 0 radical (unpaired) electrons. The van der Waals surface area contributed by atoms with Crippen molar-refractivity contribution >= 4 is 39.9 Å². The van der Waals surface area contributed by atoms with Crippen molar-refractivity contribution in [1.29, 1.82) is 5.41 Å². The molecule has 0 aliphatic rings. The fraction of sp³-hybridized carbons (Fsp3) is 0.312. The van der Waals surface area contributed by atoms with Crippen LogP contribution in [-0.4, -0.2) is 48.8 Å². The Kier molecular flexibility index (Phi) is 8.89. The van der Waals surface area contributed by atoms with Crippen LogP contribution in [0, 0.1) is 33.1 Å². The van der Waals surface area contributed by atoms with Crippen LogP contribution >= 0.6 is 0 Å². The molecule has 5 aromatic rings. The fourth-order valence-electron chi connectivity index (χ4n) is 5.35. The SMILES string of the molecule is CC(=N)CC(=NC(C)Cc1cc2nc(C)n(-c3cc(N)nc(Nc4ccc(OC(F)F)cc4)n3)c2cc1C)c1c(C)noc1C. The normalized spacial score (nSPS) is 12.6. The number of anilines is 3. The molecule has 0 fully saturated rings. The standard InChI is InChI=1S/C32H35F2N9O2/c1-16-11-27-25(14-22(16)13-18(3)37-26(12-17(2)35)30-19(4)42-45-20(30)5)38-21(6)43(27)29-15-28(36)40-32(41-29)39-23-7-9-24(10-8-23)44-31(33)34/h7-11,14-15,18,31,35H,12-13H2,1-6H3,(H3,36,39,40,41). The Balaban J connectivity index is 1.43. The number of aliphatic imine (C=N–C) groups is 1. The Hall–Kier alpha value is -5.20. The number of alkyl halides is 2. The predicted octanol–water partition coefficient (Wildman–Crippen LogP) is 6.81. The lowest BCUT2D eigenvalue weighted by Gasteiger charge is -2.14. The summed E-state index contributed by atoms with van der Waals surface area (Å²) in [5.74, 6) is 2.47. The maximum absolute atomic E-state index is 12.5. The number of hydrogen-bond acceptors (Lipinski definition) is 10. The zero-order valence-corrected chi connectivity index (χ0v) is 25.9. The molecule has 0 spiro atoms. The van der Waals surface area contributed by atoms with Crippen LogP contribution in [0.1, 0.15) is 54.2 Å². The van der Waals surface area contributed by atoms with E-state index in [1.165, 1.54) is 12.1 Å². The van der Waals surface area contributed by atoms with Gasteiger partial charge in [0.1, 0.15) is 29.0 Å². The summed E-state index contributed by atoms with van der Waals surface area (Å²) >= 11 is 0. The molecule has 0 bridgehead atoms. The number of ether oxygens (including phenoxy) is 1. The zero-order chi connectivity index (χ0) is 32.4. The first kappa shape index (κ1) is 31.2. The molecular formula is C32H35F2N9O2. The average Bonchev–Trinajstić information content (AvgIpc) is 3.45. The lowest BCUT2D eigenvalue weighted by molar-refractivity contribution is -0.0498. The van der Waals surface area contributed by atoms with Gasteiger partial charge in [-0.15, -0.1) is 0 Å². The van der Waals surface area contributed by atoms with Crippen molar-refractivity contribution < 1.29 is 18.0 Å². The van der Waals surface area contributed by atoms with Crippen molar-refractivity contribution in [2.24, 2.45) is 4.99 Å². The lowest BCUT2D eigenvalue weighted by Crippen LogP contribution is -2.14. The van der Waals surface area contributed by atoms with Gasteiger partial charge in [-0.3, -0.25) is 9.56 Å². The van der Waals surface area contributed by atoms with Gasteiger partial charge in [0.25, 0.3) is 0 Å². The average molecular weight is 616 g/mol. The zero-order valence-electron chi connectivity index (χ0n) is 25.9. The van der Waals surface area contributed by atoms with Crippen molar-refractivity contribution in [2.45, 2.75) is 67.0 Å². The second-order valence-corrected chi connectivity index (χ2v) is 11.0. The van der Waals surface area contributed by atoms with Crippen LogP contribution in [0.4, 0.5) is 26.2 Å². The fourth-order valence-corrected chi connectivity index (χ4v) is 5.35. The largest absolute Gasteiger partial charge is 0.435 e. The van der Waals surface area contributed by atoms with Crippen LogP contribution in [0.5, 0.6) is 5.75 Å². The number of nitrogen functional groups attached to an aromatic ring is 1. The van der Waals surface area contributed by atoms with Gasteiger partial charge in [-0.1, -0.05) is 5.16 Å². The minimum absolute atomic E-state index is 0.0449. The molecule has 0 saturated heterocycles. The number of hydrogen-bond donors (Lipinski definition) is 3. The molecule has 3 heterocycles. The Morgan fingerprint density at radius 1 is 1.09 bits per heavy atom. The molecular weight excluding hydrogens is 580 g/mol. The van der Waals surface area contributed by atoms with E-state index in [9.17, 15) is 8.78 Å². The molecule has 234 valence electrons. The van der Waals surface area contributed by atoms with E-state index in [0.29, 0.717) is 41.6 Å². The number of benzene rings is 2. The number of nitrogens with one attached hydrogen (secondary N) is 2. The number of nitrogens with two attached hydrogens (primary N) is 1. The number of aryl methyl sites for hydroxylation is 4. The molecule has 2 aromatic carbocycles. The van der Waals surface area contributed by atoms with Crippen LogP contribution in [0.15, 0.2) is 52.0 Å². The van der Waals surface area contributed by atoms with Crippen LogP contribution < -0.4 is 15.8 Å². The van der Waals surface area contributed by atoms with Crippen molar-refractivity contribution in [2.75, 3.05) is 11.1 Å². The summed E-state index contributed by atoms with van der Waals surface area (Å²) in [5.41, 5.74) is 13.5. The predicted molar refractivity (Wildman–Crippen MR) is 171 cm³/mol. The van der Waals surface area contributed by atoms with Gasteiger partial charge >= 0.3 is 6.61 Å². The summed E-state index contributed by atoms with van der Waals surface area (Å²) in [6, 6.07) is 11.8. The molecule has 3 aromatic heterocycles. The molecule has 4 N–H and O–H groups in total. The van der Waals surface area contributed by atoms with Crippen LogP contribution in [0.3, 0.4) is 0 Å². The number of fused-ring (bicyclic) bond motifs is 1. The van der Waals surface area contributed by atoms with E-state index in [0.717, 1.165) is 39.1 Å². The Bertz CT molecular complexity index is 1880. The van der Waals surface area contributed by atoms with Crippen LogP contribution in [0.25, 0.3) is 16.9 Å². The third-order valence-electron chi connectivity index (χ3n) is 7.22. The molecule has 0 aliphatic heterocycles. The van der Waals surface area contributed by atoms with E-state index in [4.69, 9.17) is 25.6 Å². The van der Waals surface area contributed by atoms with E-state index in [2.05, 4.69) is 51.2 Å². The van der Waals surface area contributed by atoms with Gasteiger partial charge < -0.3 is 25.7 Å². The monoisotopic (exact) mass is 615 g/mol. The van der Waals surface area contributed by atoms with Gasteiger partial charge in [0.2, 0.25) is 5.95 Å². The molecule has 0 amide bonds. The first-order valence-corrected chi connectivity index (χ1v) is 14.4. The Morgan fingerprint density at radius 3 is 2.47 bits per heavy atom. The highest BCUT2D eigenvalue weighted by molar-refractivity contribution is 6.12. The summed E-state index contributed by atoms with van der Waals surface area (Å²) < 4.78 is 36.7. The molecule has 45 heavy (non-hydrogen) atoms. The minimum atomic E-state index is -2.90. The quantitative estimate of drug-likeness (QED) is 0.137. The molecule has 0 aliphatic carbocycles. The van der Waals surface area contributed by atoms with Crippen LogP contribution in [-0.2, 0) is 6.42 Å². The van der Waals surface area contributed by atoms with E-state index in [-0.39, 0.29) is 23.6 Å².